The Morgan fingerprint density at radius 2 is 1.85 bits per heavy atom. The average Bonchev–Trinajstić information content (AvgIpc) is 2.97. The molecule has 2 aromatic carbocycles. The highest BCUT2D eigenvalue weighted by molar-refractivity contribution is 5.58. The van der Waals surface area contributed by atoms with Gasteiger partial charge in [0.1, 0.15) is 5.75 Å². The van der Waals surface area contributed by atoms with Gasteiger partial charge < -0.3 is 14.5 Å². The molecule has 0 radical (unpaired) electrons. The van der Waals surface area contributed by atoms with E-state index in [0.717, 1.165) is 17.0 Å². The van der Waals surface area contributed by atoms with Gasteiger partial charge in [-0.2, -0.15) is 0 Å². The Labute approximate surface area is 116 Å². The van der Waals surface area contributed by atoms with Gasteiger partial charge in [-0.1, -0.05) is 29.4 Å². The van der Waals surface area contributed by atoms with Crippen molar-refractivity contribution in [3.63, 3.8) is 0 Å². The number of methoxy groups -OCH3 is 1. The fourth-order valence-electron chi connectivity index (χ4n) is 1.79. The summed E-state index contributed by atoms with van der Waals surface area (Å²) in [7, 11) is 1.62. The summed E-state index contributed by atoms with van der Waals surface area (Å²) in [6.45, 7) is 0. The van der Waals surface area contributed by atoms with Gasteiger partial charge in [-0.05, 0) is 30.3 Å². The number of hydrogen-bond donors (Lipinski definition) is 1. The predicted octanol–water partition coefficient (Wildman–Crippen LogP) is 3.49. The Kier molecular flexibility index (Phi) is 3.33. The van der Waals surface area contributed by atoms with Gasteiger partial charge in [-0.25, -0.2) is 0 Å². The molecule has 20 heavy (non-hydrogen) atoms. The summed E-state index contributed by atoms with van der Waals surface area (Å²) in [5.74, 6) is 1.19. The highest BCUT2D eigenvalue weighted by atomic mass is 16.5. The second-order valence-corrected chi connectivity index (χ2v) is 4.14. The third kappa shape index (κ3) is 2.61. The molecule has 0 bridgehead atoms. The van der Waals surface area contributed by atoms with E-state index < -0.39 is 0 Å². The summed E-state index contributed by atoms with van der Waals surface area (Å²) < 4.78 is 10.8. The Hall–Kier alpha value is -2.82. The normalized spacial score (nSPS) is 10.2. The van der Waals surface area contributed by atoms with Gasteiger partial charge in [0.25, 0.3) is 0 Å². The van der Waals surface area contributed by atoms with Crippen LogP contribution in [0, 0.1) is 0 Å². The van der Waals surface area contributed by atoms with E-state index in [1.165, 1.54) is 0 Å². The van der Waals surface area contributed by atoms with Gasteiger partial charge in [0.2, 0.25) is 5.89 Å². The molecule has 0 aliphatic carbocycles. The molecule has 1 aromatic heterocycles. The smallest absolute Gasteiger partial charge is 0.320 e. The van der Waals surface area contributed by atoms with Crippen LogP contribution in [0.1, 0.15) is 0 Å². The number of aromatic nitrogens is 2. The van der Waals surface area contributed by atoms with Gasteiger partial charge in [0.05, 0.1) is 7.11 Å². The molecule has 0 aliphatic rings. The summed E-state index contributed by atoms with van der Waals surface area (Å²) in [5, 5.41) is 11.0. The van der Waals surface area contributed by atoms with Crippen molar-refractivity contribution in [1.29, 1.82) is 0 Å². The van der Waals surface area contributed by atoms with Crippen LogP contribution in [0.3, 0.4) is 0 Å². The molecule has 1 N–H and O–H groups in total. The minimum atomic E-state index is 0.356. The molecule has 0 fully saturated rings. The summed E-state index contributed by atoms with van der Waals surface area (Å²) in [4.78, 5) is 0. The van der Waals surface area contributed by atoms with Gasteiger partial charge in [0, 0.05) is 11.3 Å². The Bertz CT molecular complexity index is 695. The highest BCUT2D eigenvalue weighted by Crippen LogP contribution is 2.24. The third-order valence-corrected chi connectivity index (χ3v) is 2.77. The lowest BCUT2D eigenvalue weighted by molar-refractivity contribution is 0.415. The van der Waals surface area contributed by atoms with E-state index in [1.54, 1.807) is 7.11 Å². The molecule has 5 nitrogen and oxygen atoms in total. The summed E-state index contributed by atoms with van der Waals surface area (Å²) >= 11 is 0. The van der Waals surface area contributed by atoms with Crippen LogP contribution in [0.5, 0.6) is 5.75 Å². The molecule has 1 heterocycles. The zero-order valence-corrected chi connectivity index (χ0v) is 10.9. The number of ether oxygens (including phenoxy) is 1. The largest absolute Gasteiger partial charge is 0.497 e. The number of nitrogens with one attached hydrogen (secondary N) is 1. The number of hydrogen-bond acceptors (Lipinski definition) is 5. The van der Waals surface area contributed by atoms with E-state index in [2.05, 4.69) is 15.5 Å². The van der Waals surface area contributed by atoms with Crippen molar-refractivity contribution in [3.05, 3.63) is 54.6 Å². The molecule has 100 valence electrons. The van der Waals surface area contributed by atoms with Crippen LogP contribution in [-0.4, -0.2) is 17.3 Å². The molecule has 5 heteroatoms. The molecular formula is C15H13N3O2. The van der Waals surface area contributed by atoms with Crippen molar-refractivity contribution >= 4 is 11.7 Å². The molecule has 0 saturated carbocycles. The van der Waals surface area contributed by atoms with Gasteiger partial charge in [0.15, 0.2) is 0 Å². The van der Waals surface area contributed by atoms with Gasteiger partial charge in [-0.3, -0.25) is 0 Å². The topological polar surface area (TPSA) is 60.2 Å². The van der Waals surface area contributed by atoms with Crippen molar-refractivity contribution in [2.24, 2.45) is 0 Å². The molecule has 0 aliphatic heterocycles. The molecule has 0 saturated heterocycles. The van der Waals surface area contributed by atoms with E-state index in [4.69, 9.17) is 9.15 Å². The van der Waals surface area contributed by atoms with Crippen LogP contribution in [-0.2, 0) is 0 Å². The monoisotopic (exact) mass is 267 g/mol. The highest BCUT2D eigenvalue weighted by Gasteiger charge is 2.09. The lowest BCUT2D eigenvalue weighted by Crippen LogP contribution is -1.88. The maximum Gasteiger partial charge on any atom is 0.320 e. The molecule has 0 spiro atoms. The number of nitrogens with zero attached hydrogens (tertiary/aromatic N) is 2. The molecule has 3 aromatic rings. The molecule has 0 unspecified atom stereocenters. The Morgan fingerprint density at radius 1 is 1.00 bits per heavy atom. The van der Waals surface area contributed by atoms with Crippen molar-refractivity contribution in [1.82, 2.24) is 10.2 Å². The van der Waals surface area contributed by atoms with E-state index in [9.17, 15) is 0 Å². The summed E-state index contributed by atoms with van der Waals surface area (Å²) in [6.07, 6.45) is 0. The lowest BCUT2D eigenvalue weighted by atomic mass is 10.2. The van der Waals surface area contributed by atoms with Crippen LogP contribution in [0.4, 0.5) is 11.7 Å². The first kappa shape index (κ1) is 12.2. The zero-order valence-electron chi connectivity index (χ0n) is 10.9. The van der Waals surface area contributed by atoms with E-state index >= 15 is 0 Å². The number of anilines is 2. The van der Waals surface area contributed by atoms with Crippen LogP contribution >= 0.6 is 0 Å². The van der Waals surface area contributed by atoms with E-state index in [-0.39, 0.29) is 0 Å². The second-order valence-electron chi connectivity index (χ2n) is 4.14. The summed E-state index contributed by atoms with van der Waals surface area (Å²) in [6, 6.07) is 17.5. The van der Waals surface area contributed by atoms with Crippen molar-refractivity contribution in [2.45, 2.75) is 0 Å². The molecule has 0 atom stereocenters. The van der Waals surface area contributed by atoms with Crippen LogP contribution < -0.4 is 10.1 Å². The Balaban J connectivity index is 1.83. The molecule has 0 amide bonds. The van der Waals surface area contributed by atoms with Crippen molar-refractivity contribution in [3.8, 4) is 17.2 Å². The predicted molar refractivity (Wildman–Crippen MR) is 76.0 cm³/mol. The average molecular weight is 267 g/mol. The van der Waals surface area contributed by atoms with E-state index in [1.807, 2.05) is 54.6 Å². The van der Waals surface area contributed by atoms with Crippen LogP contribution in [0.2, 0.25) is 0 Å². The van der Waals surface area contributed by atoms with Gasteiger partial charge in [-0.15, -0.1) is 5.10 Å². The standard InChI is InChI=1S/C15H13N3O2/c1-19-13-9-5-6-11(10-13)14-17-18-15(20-14)16-12-7-3-2-4-8-12/h2-10H,1H3,(H,16,18). The first-order valence-electron chi connectivity index (χ1n) is 6.15. The second kappa shape index (κ2) is 5.44. The van der Waals surface area contributed by atoms with Crippen LogP contribution in [0.15, 0.2) is 59.0 Å². The maximum absolute atomic E-state index is 5.58. The van der Waals surface area contributed by atoms with E-state index in [0.29, 0.717) is 11.9 Å². The fourth-order valence-corrected chi connectivity index (χ4v) is 1.79. The third-order valence-electron chi connectivity index (χ3n) is 2.77. The van der Waals surface area contributed by atoms with Crippen molar-refractivity contribution < 1.29 is 9.15 Å². The van der Waals surface area contributed by atoms with Crippen molar-refractivity contribution in [2.75, 3.05) is 12.4 Å². The fraction of sp³-hybridized carbons (Fsp3) is 0.0667. The quantitative estimate of drug-likeness (QED) is 0.784. The Morgan fingerprint density at radius 3 is 2.65 bits per heavy atom. The van der Waals surface area contributed by atoms with Crippen LogP contribution in [0.25, 0.3) is 11.5 Å². The minimum Gasteiger partial charge on any atom is -0.497 e. The lowest BCUT2D eigenvalue weighted by Gasteiger charge is -2.01. The number of rotatable bonds is 4. The zero-order chi connectivity index (χ0) is 13.8. The first-order valence-corrected chi connectivity index (χ1v) is 6.15. The molecule has 3 rings (SSSR count). The first-order chi connectivity index (χ1) is 9.85. The van der Waals surface area contributed by atoms with Gasteiger partial charge >= 0.3 is 6.01 Å². The minimum absolute atomic E-state index is 0.356. The number of para-hydroxylation sites is 1. The SMILES string of the molecule is COc1cccc(-c2nnc(Nc3ccccc3)o2)c1. The summed E-state index contributed by atoms with van der Waals surface area (Å²) in [5.41, 5.74) is 1.71. The maximum atomic E-state index is 5.58. The number of benzene rings is 2. The molecular weight excluding hydrogens is 254 g/mol.